The van der Waals surface area contributed by atoms with Crippen LogP contribution in [0.1, 0.15) is 49.6 Å². The van der Waals surface area contributed by atoms with Crippen LogP contribution in [0.15, 0.2) is 60.8 Å². The SMILES string of the molecule is O=Cc1cn(CC(=O)Nc2sc3c(c2C(=O)NCc2ccccc2)CCCC3)c2ccccc12. The van der Waals surface area contributed by atoms with Crippen molar-refractivity contribution in [3.63, 3.8) is 0 Å². The molecule has 2 heterocycles. The van der Waals surface area contributed by atoms with Crippen molar-refractivity contribution >= 4 is 45.3 Å². The highest BCUT2D eigenvalue weighted by Crippen LogP contribution is 2.38. The minimum absolute atomic E-state index is 0.0575. The molecule has 0 aliphatic heterocycles. The molecule has 0 atom stereocenters. The highest BCUT2D eigenvalue weighted by molar-refractivity contribution is 7.17. The Morgan fingerprint density at radius 2 is 1.76 bits per heavy atom. The second-order valence-electron chi connectivity index (χ2n) is 8.48. The quantitative estimate of drug-likeness (QED) is 0.374. The number of anilines is 1. The Morgan fingerprint density at radius 3 is 2.59 bits per heavy atom. The molecule has 0 bridgehead atoms. The fourth-order valence-corrected chi connectivity index (χ4v) is 5.88. The summed E-state index contributed by atoms with van der Waals surface area (Å²) >= 11 is 1.51. The molecule has 0 radical (unpaired) electrons. The van der Waals surface area contributed by atoms with Gasteiger partial charge in [-0.2, -0.15) is 0 Å². The molecule has 0 spiro atoms. The van der Waals surface area contributed by atoms with Gasteiger partial charge in [-0.1, -0.05) is 48.5 Å². The van der Waals surface area contributed by atoms with E-state index in [0.29, 0.717) is 22.7 Å². The van der Waals surface area contributed by atoms with Crippen LogP contribution in [0.25, 0.3) is 10.9 Å². The maximum atomic E-state index is 13.2. The molecule has 4 aromatic rings. The first-order valence-corrected chi connectivity index (χ1v) is 12.2. The summed E-state index contributed by atoms with van der Waals surface area (Å²) in [7, 11) is 0. The first kappa shape index (κ1) is 22.1. The summed E-state index contributed by atoms with van der Waals surface area (Å²) in [4.78, 5) is 38.9. The van der Waals surface area contributed by atoms with Crippen LogP contribution in [-0.4, -0.2) is 22.7 Å². The van der Waals surface area contributed by atoms with Gasteiger partial charge in [0.05, 0.1) is 5.56 Å². The van der Waals surface area contributed by atoms with E-state index in [2.05, 4.69) is 10.6 Å². The van der Waals surface area contributed by atoms with Gasteiger partial charge >= 0.3 is 0 Å². The monoisotopic (exact) mass is 471 g/mol. The third-order valence-electron chi connectivity index (χ3n) is 6.21. The molecular weight excluding hydrogens is 446 g/mol. The van der Waals surface area contributed by atoms with Gasteiger partial charge in [-0.25, -0.2) is 0 Å². The number of hydrogen-bond donors (Lipinski definition) is 2. The number of aryl methyl sites for hydroxylation is 1. The van der Waals surface area contributed by atoms with Gasteiger partial charge < -0.3 is 15.2 Å². The van der Waals surface area contributed by atoms with Crippen LogP contribution in [0, 0.1) is 0 Å². The first-order chi connectivity index (χ1) is 16.6. The van der Waals surface area contributed by atoms with E-state index in [-0.39, 0.29) is 18.4 Å². The van der Waals surface area contributed by atoms with Crippen LogP contribution in [0.5, 0.6) is 0 Å². The van der Waals surface area contributed by atoms with Gasteiger partial charge in [0.2, 0.25) is 5.91 Å². The molecule has 2 amide bonds. The molecule has 7 heteroatoms. The largest absolute Gasteiger partial charge is 0.348 e. The predicted molar refractivity (Wildman–Crippen MR) is 135 cm³/mol. The van der Waals surface area contributed by atoms with E-state index < -0.39 is 0 Å². The number of nitrogens with zero attached hydrogens (tertiary/aromatic N) is 1. The lowest BCUT2D eigenvalue weighted by atomic mass is 9.95. The van der Waals surface area contributed by atoms with Crippen molar-refractivity contribution in [1.29, 1.82) is 0 Å². The molecule has 6 nitrogen and oxygen atoms in total. The summed E-state index contributed by atoms with van der Waals surface area (Å²) < 4.78 is 1.77. The van der Waals surface area contributed by atoms with Crippen molar-refractivity contribution in [2.75, 3.05) is 5.32 Å². The van der Waals surface area contributed by atoms with E-state index in [1.54, 1.807) is 10.8 Å². The molecule has 2 aromatic heterocycles. The predicted octanol–water partition coefficient (Wildman–Crippen LogP) is 4.96. The highest BCUT2D eigenvalue weighted by atomic mass is 32.1. The van der Waals surface area contributed by atoms with Gasteiger partial charge in [0.25, 0.3) is 5.91 Å². The van der Waals surface area contributed by atoms with Gasteiger partial charge in [-0.3, -0.25) is 14.4 Å². The Bertz CT molecular complexity index is 1370. The maximum absolute atomic E-state index is 13.2. The van der Waals surface area contributed by atoms with Gasteiger partial charge in [0, 0.05) is 34.1 Å². The summed E-state index contributed by atoms with van der Waals surface area (Å²) in [5.41, 5.74) is 4.06. The normalized spacial score (nSPS) is 12.8. The van der Waals surface area contributed by atoms with Crippen molar-refractivity contribution < 1.29 is 14.4 Å². The lowest BCUT2D eigenvalue weighted by molar-refractivity contribution is -0.116. The molecule has 2 aromatic carbocycles. The minimum atomic E-state index is -0.228. The Hall–Kier alpha value is -3.71. The summed E-state index contributed by atoms with van der Waals surface area (Å²) in [5, 5.41) is 7.44. The van der Waals surface area contributed by atoms with E-state index in [1.165, 1.54) is 16.2 Å². The number of benzene rings is 2. The summed E-state index contributed by atoms with van der Waals surface area (Å²) in [5.74, 6) is -0.387. The van der Waals surface area contributed by atoms with E-state index >= 15 is 0 Å². The Labute approximate surface area is 201 Å². The van der Waals surface area contributed by atoms with Crippen LogP contribution in [0.3, 0.4) is 0 Å². The average molecular weight is 472 g/mol. The number of para-hydroxylation sites is 1. The number of aromatic nitrogens is 1. The Balaban J connectivity index is 1.38. The Kier molecular flexibility index (Phi) is 6.27. The number of fused-ring (bicyclic) bond motifs is 2. The second kappa shape index (κ2) is 9.65. The number of aldehydes is 1. The third-order valence-corrected chi connectivity index (χ3v) is 7.41. The molecule has 34 heavy (non-hydrogen) atoms. The average Bonchev–Trinajstić information content (AvgIpc) is 3.41. The summed E-state index contributed by atoms with van der Waals surface area (Å²) in [6.45, 7) is 0.490. The van der Waals surface area contributed by atoms with Crippen molar-refractivity contribution in [2.24, 2.45) is 0 Å². The number of nitrogens with one attached hydrogen (secondary N) is 2. The van der Waals surface area contributed by atoms with Crippen molar-refractivity contribution in [3.8, 4) is 0 Å². The number of amides is 2. The molecule has 2 N–H and O–H groups in total. The number of carbonyl (C=O) groups is 3. The smallest absolute Gasteiger partial charge is 0.254 e. The van der Waals surface area contributed by atoms with E-state index in [1.807, 2.05) is 54.6 Å². The molecule has 5 rings (SSSR count). The summed E-state index contributed by atoms with van der Waals surface area (Å²) in [6, 6.07) is 17.3. The van der Waals surface area contributed by atoms with Crippen LogP contribution in [0.4, 0.5) is 5.00 Å². The fourth-order valence-electron chi connectivity index (χ4n) is 4.58. The topological polar surface area (TPSA) is 80.2 Å². The Morgan fingerprint density at radius 1 is 1.00 bits per heavy atom. The zero-order valence-electron chi connectivity index (χ0n) is 18.7. The molecule has 0 saturated heterocycles. The van der Waals surface area contributed by atoms with Crippen molar-refractivity contribution in [3.05, 3.63) is 87.9 Å². The number of hydrogen-bond acceptors (Lipinski definition) is 4. The zero-order chi connectivity index (χ0) is 23.5. The number of carbonyl (C=O) groups excluding carboxylic acids is 3. The van der Waals surface area contributed by atoms with Crippen LogP contribution in [-0.2, 0) is 30.7 Å². The van der Waals surface area contributed by atoms with Crippen LogP contribution < -0.4 is 10.6 Å². The molecule has 172 valence electrons. The van der Waals surface area contributed by atoms with Crippen molar-refractivity contribution in [2.45, 2.75) is 38.8 Å². The van der Waals surface area contributed by atoms with Crippen LogP contribution >= 0.6 is 11.3 Å². The minimum Gasteiger partial charge on any atom is -0.348 e. The summed E-state index contributed by atoms with van der Waals surface area (Å²) in [6.07, 6.45) is 6.42. The standard InChI is InChI=1S/C27H25N3O3S/c31-17-19-15-30(22-12-6-4-10-20(19)22)16-24(32)29-27-25(21-11-5-7-13-23(21)34-27)26(33)28-14-18-8-2-1-3-9-18/h1-4,6,8-10,12,15,17H,5,7,11,13-14,16H2,(H,28,33)(H,29,32). The zero-order valence-corrected chi connectivity index (χ0v) is 19.5. The third kappa shape index (κ3) is 4.39. The molecule has 1 aliphatic rings. The molecular formula is C27H25N3O3S. The van der Waals surface area contributed by atoms with Gasteiger partial charge in [-0.05, 0) is 42.9 Å². The lowest BCUT2D eigenvalue weighted by Gasteiger charge is -2.13. The number of rotatable bonds is 7. The molecule has 1 aliphatic carbocycles. The van der Waals surface area contributed by atoms with Crippen LogP contribution in [0.2, 0.25) is 0 Å². The second-order valence-corrected chi connectivity index (χ2v) is 9.58. The van der Waals surface area contributed by atoms with Gasteiger partial charge in [-0.15, -0.1) is 11.3 Å². The van der Waals surface area contributed by atoms with E-state index in [4.69, 9.17) is 0 Å². The van der Waals surface area contributed by atoms with E-state index in [9.17, 15) is 14.4 Å². The van der Waals surface area contributed by atoms with E-state index in [0.717, 1.165) is 54.0 Å². The molecule has 0 fully saturated rings. The number of thiophene rings is 1. The van der Waals surface area contributed by atoms with Crippen molar-refractivity contribution in [1.82, 2.24) is 9.88 Å². The maximum Gasteiger partial charge on any atom is 0.254 e. The van der Waals surface area contributed by atoms with Gasteiger partial charge in [0.15, 0.2) is 6.29 Å². The molecule has 0 unspecified atom stereocenters. The van der Waals surface area contributed by atoms with Gasteiger partial charge in [0.1, 0.15) is 11.5 Å². The highest BCUT2D eigenvalue weighted by Gasteiger charge is 2.26. The fraction of sp³-hybridized carbons (Fsp3) is 0.222. The first-order valence-electron chi connectivity index (χ1n) is 11.4. The molecule has 0 saturated carbocycles. The lowest BCUT2D eigenvalue weighted by Crippen LogP contribution is -2.26.